The van der Waals surface area contributed by atoms with Crippen molar-refractivity contribution in [2.45, 2.75) is 13.3 Å². The normalized spacial score (nSPS) is 10.0. The van der Waals surface area contributed by atoms with Gasteiger partial charge in [0.2, 0.25) is 11.8 Å². The van der Waals surface area contributed by atoms with Gasteiger partial charge in [0.15, 0.2) is 0 Å². The smallest absolute Gasteiger partial charge is 0.336 e. The Morgan fingerprint density at radius 2 is 1.83 bits per heavy atom. The summed E-state index contributed by atoms with van der Waals surface area (Å²) in [6, 6.07) is 14.4. The van der Waals surface area contributed by atoms with Gasteiger partial charge in [-0.3, -0.25) is 0 Å². The summed E-state index contributed by atoms with van der Waals surface area (Å²) in [4.78, 5) is 11.6. The third kappa shape index (κ3) is 3.03. The SMILES string of the molecule is CC#CCc1cccc(C(=O)O)c1-c1nnc(-c2ccccc2)o1. The Hall–Kier alpha value is -3.39. The minimum absolute atomic E-state index is 0.119. The second-order valence-corrected chi connectivity index (χ2v) is 5.03. The molecule has 24 heavy (non-hydrogen) atoms. The van der Waals surface area contributed by atoms with E-state index in [0.717, 1.165) is 11.1 Å². The van der Waals surface area contributed by atoms with E-state index in [1.165, 1.54) is 6.07 Å². The summed E-state index contributed by atoms with van der Waals surface area (Å²) < 4.78 is 5.73. The Morgan fingerprint density at radius 1 is 1.08 bits per heavy atom. The Balaban J connectivity index is 2.12. The topological polar surface area (TPSA) is 76.2 Å². The van der Waals surface area contributed by atoms with Gasteiger partial charge in [-0.2, -0.15) is 0 Å². The number of carbonyl (C=O) groups is 1. The number of aromatic nitrogens is 2. The van der Waals surface area contributed by atoms with Crippen LogP contribution in [0.5, 0.6) is 0 Å². The second kappa shape index (κ2) is 6.80. The number of hydrogen-bond acceptors (Lipinski definition) is 4. The van der Waals surface area contributed by atoms with E-state index in [0.29, 0.717) is 17.9 Å². The number of carboxylic acid groups (broad SMARTS) is 1. The van der Waals surface area contributed by atoms with Crippen LogP contribution in [0.25, 0.3) is 22.9 Å². The molecule has 118 valence electrons. The zero-order chi connectivity index (χ0) is 16.9. The summed E-state index contributed by atoms with van der Waals surface area (Å²) in [5, 5.41) is 17.6. The van der Waals surface area contributed by atoms with E-state index < -0.39 is 5.97 Å². The molecule has 5 heteroatoms. The van der Waals surface area contributed by atoms with Gasteiger partial charge < -0.3 is 9.52 Å². The predicted octanol–water partition coefficient (Wildman–Crippen LogP) is 3.67. The van der Waals surface area contributed by atoms with Gasteiger partial charge in [0.1, 0.15) is 0 Å². The van der Waals surface area contributed by atoms with Crippen molar-refractivity contribution in [3.63, 3.8) is 0 Å². The highest BCUT2D eigenvalue weighted by atomic mass is 16.4. The van der Waals surface area contributed by atoms with Gasteiger partial charge in [-0.1, -0.05) is 36.3 Å². The number of aromatic carboxylic acids is 1. The van der Waals surface area contributed by atoms with Crippen molar-refractivity contribution in [2.75, 3.05) is 0 Å². The lowest BCUT2D eigenvalue weighted by Crippen LogP contribution is -2.03. The molecule has 5 nitrogen and oxygen atoms in total. The number of nitrogens with zero attached hydrogens (tertiary/aromatic N) is 2. The van der Waals surface area contributed by atoms with Gasteiger partial charge in [0.05, 0.1) is 11.1 Å². The van der Waals surface area contributed by atoms with E-state index in [4.69, 9.17) is 4.42 Å². The van der Waals surface area contributed by atoms with Crippen LogP contribution in [-0.4, -0.2) is 21.3 Å². The van der Waals surface area contributed by atoms with E-state index in [1.54, 1.807) is 13.0 Å². The first kappa shape index (κ1) is 15.5. The van der Waals surface area contributed by atoms with Gasteiger partial charge in [-0.05, 0) is 30.7 Å². The molecule has 0 saturated carbocycles. The summed E-state index contributed by atoms with van der Waals surface area (Å²) in [7, 11) is 0. The molecule has 0 fully saturated rings. The summed E-state index contributed by atoms with van der Waals surface area (Å²) >= 11 is 0. The molecule has 0 amide bonds. The maximum atomic E-state index is 11.6. The van der Waals surface area contributed by atoms with Crippen molar-refractivity contribution in [3.8, 4) is 34.7 Å². The average molecular weight is 318 g/mol. The van der Waals surface area contributed by atoms with Crippen LogP contribution < -0.4 is 0 Å². The van der Waals surface area contributed by atoms with E-state index in [1.807, 2.05) is 36.4 Å². The third-order valence-corrected chi connectivity index (χ3v) is 3.50. The molecule has 2 aromatic carbocycles. The van der Waals surface area contributed by atoms with Crippen LogP contribution in [0, 0.1) is 11.8 Å². The van der Waals surface area contributed by atoms with Gasteiger partial charge in [-0.25, -0.2) is 4.79 Å². The summed E-state index contributed by atoms with van der Waals surface area (Å²) in [5.41, 5.74) is 2.06. The molecule has 0 saturated heterocycles. The fraction of sp³-hybridized carbons (Fsp3) is 0.105. The fourth-order valence-corrected chi connectivity index (χ4v) is 2.38. The lowest BCUT2D eigenvalue weighted by Gasteiger charge is -2.07. The maximum Gasteiger partial charge on any atom is 0.336 e. The molecule has 0 atom stereocenters. The number of rotatable bonds is 4. The van der Waals surface area contributed by atoms with E-state index in [9.17, 15) is 9.90 Å². The minimum Gasteiger partial charge on any atom is -0.478 e. The highest BCUT2D eigenvalue weighted by molar-refractivity contribution is 5.95. The number of hydrogen-bond donors (Lipinski definition) is 1. The molecule has 0 spiro atoms. The molecule has 1 aromatic heterocycles. The molecule has 3 aromatic rings. The summed E-state index contributed by atoms with van der Waals surface area (Å²) in [5.74, 6) is 5.24. The van der Waals surface area contributed by atoms with E-state index in [2.05, 4.69) is 22.0 Å². The zero-order valence-electron chi connectivity index (χ0n) is 13.0. The monoisotopic (exact) mass is 318 g/mol. The molecular formula is C19H14N2O3. The molecular weight excluding hydrogens is 304 g/mol. The Kier molecular flexibility index (Phi) is 4.39. The van der Waals surface area contributed by atoms with Crippen LogP contribution in [0.15, 0.2) is 52.9 Å². The highest BCUT2D eigenvalue weighted by Gasteiger charge is 2.20. The average Bonchev–Trinajstić information content (AvgIpc) is 3.10. The first-order valence-corrected chi connectivity index (χ1v) is 7.35. The minimum atomic E-state index is -1.05. The molecule has 0 radical (unpaired) electrons. The van der Waals surface area contributed by atoms with Crippen LogP contribution in [0.2, 0.25) is 0 Å². The van der Waals surface area contributed by atoms with E-state index >= 15 is 0 Å². The van der Waals surface area contributed by atoms with Crippen molar-refractivity contribution in [1.29, 1.82) is 0 Å². The quantitative estimate of drug-likeness (QED) is 0.743. The highest BCUT2D eigenvalue weighted by Crippen LogP contribution is 2.30. The predicted molar refractivity (Wildman–Crippen MR) is 89.3 cm³/mol. The lowest BCUT2D eigenvalue weighted by atomic mass is 9.98. The van der Waals surface area contributed by atoms with Crippen molar-refractivity contribution in [3.05, 3.63) is 59.7 Å². The maximum absolute atomic E-state index is 11.6. The fourth-order valence-electron chi connectivity index (χ4n) is 2.38. The molecule has 0 aliphatic heterocycles. The summed E-state index contributed by atoms with van der Waals surface area (Å²) in [6.45, 7) is 1.74. The Morgan fingerprint density at radius 3 is 2.54 bits per heavy atom. The van der Waals surface area contributed by atoms with Crippen LogP contribution in [0.1, 0.15) is 22.8 Å². The van der Waals surface area contributed by atoms with Gasteiger partial charge >= 0.3 is 5.97 Å². The Labute approximate surface area is 139 Å². The first-order chi connectivity index (χ1) is 11.7. The molecule has 0 bridgehead atoms. The van der Waals surface area contributed by atoms with Crippen molar-refractivity contribution in [2.24, 2.45) is 0 Å². The zero-order valence-corrected chi connectivity index (χ0v) is 13.0. The van der Waals surface area contributed by atoms with Crippen molar-refractivity contribution in [1.82, 2.24) is 10.2 Å². The molecule has 1 N–H and O–H groups in total. The molecule has 0 aliphatic carbocycles. The molecule has 3 rings (SSSR count). The number of carboxylic acids is 1. The molecule has 1 heterocycles. The summed E-state index contributed by atoms with van der Waals surface area (Å²) in [6.07, 6.45) is 0.413. The number of benzene rings is 2. The largest absolute Gasteiger partial charge is 0.478 e. The molecule has 0 unspecified atom stereocenters. The standard InChI is InChI=1S/C19H14N2O3/c1-2-3-8-13-11-7-12-15(19(22)23)16(13)18-21-20-17(24-18)14-9-5-4-6-10-14/h4-7,9-12H,8H2,1H3,(H,22,23). The van der Waals surface area contributed by atoms with Crippen molar-refractivity contribution >= 4 is 5.97 Å². The van der Waals surface area contributed by atoms with Crippen LogP contribution in [-0.2, 0) is 6.42 Å². The van der Waals surface area contributed by atoms with Gasteiger partial charge in [-0.15, -0.1) is 16.1 Å². The van der Waals surface area contributed by atoms with Crippen LogP contribution in [0.3, 0.4) is 0 Å². The second-order valence-electron chi connectivity index (χ2n) is 5.03. The van der Waals surface area contributed by atoms with Gasteiger partial charge in [0.25, 0.3) is 0 Å². The van der Waals surface area contributed by atoms with Crippen LogP contribution >= 0.6 is 0 Å². The van der Waals surface area contributed by atoms with E-state index in [-0.39, 0.29) is 11.5 Å². The van der Waals surface area contributed by atoms with Crippen LogP contribution in [0.4, 0.5) is 0 Å². The first-order valence-electron chi connectivity index (χ1n) is 7.35. The van der Waals surface area contributed by atoms with Crippen molar-refractivity contribution < 1.29 is 14.3 Å². The lowest BCUT2D eigenvalue weighted by molar-refractivity contribution is 0.0697. The van der Waals surface area contributed by atoms with Gasteiger partial charge in [0, 0.05) is 12.0 Å². The Bertz CT molecular complexity index is 934. The molecule has 0 aliphatic rings. The third-order valence-electron chi connectivity index (χ3n) is 3.50.